The van der Waals surface area contributed by atoms with Crippen molar-refractivity contribution in [2.75, 3.05) is 0 Å². The van der Waals surface area contributed by atoms with Crippen LogP contribution in [0.5, 0.6) is 0 Å². The molecule has 1 aromatic heterocycles. The number of hydrogen-bond donors (Lipinski definition) is 1. The first-order valence-corrected chi connectivity index (χ1v) is 9.15. The van der Waals surface area contributed by atoms with Gasteiger partial charge < -0.3 is 10.0 Å². The third kappa shape index (κ3) is 2.45. The van der Waals surface area contributed by atoms with Gasteiger partial charge in [-0.05, 0) is 38.2 Å². The molecule has 6 nitrogen and oxygen atoms in total. The van der Waals surface area contributed by atoms with E-state index in [0.717, 1.165) is 30.1 Å². The van der Waals surface area contributed by atoms with Gasteiger partial charge in [-0.2, -0.15) is 8.75 Å². The van der Waals surface area contributed by atoms with Crippen molar-refractivity contribution >= 4 is 23.6 Å². The van der Waals surface area contributed by atoms with E-state index in [0.29, 0.717) is 24.2 Å². The number of carboxylic acids is 1. The van der Waals surface area contributed by atoms with Gasteiger partial charge in [0.25, 0.3) is 5.91 Å². The normalized spacial score (nSPS) is 27.6. The van der Waals surface area contributed by atoms with E-state index in [-0.39, 0.29) is 18.0 Å². The van der Waals surface area contributed by atoms with Gasteiger partial charge in [-0.3, -0.25) is 9.59 Å². The molecular weight excluding hydrogens is 338 g/mol. The summed E-state index contributed by atoms with van der Waals surface area (Å²) >= 11 is 1.02. The number of carbonyl (C=O) groups excluding carboxylic acids is 1. The smallest absolute Gasteiger partial charge is 0.312 e. The van der Waals surface area contributed by atoms with Crippen molar-refractivity contribution in [2.24, 2.45) is 5.41 Å². The Kier molecular flexibility index (Phi) is 3.83. The Morgan fingerprint density at radius 3 is 2.68 bits per heavy atom. The lowest BCUT2D eigenvalue weighted by atomic mass is 9.70. The highest BCUT2D eigenvalue weighted by Crippen LogP contribution is 2.52. The lowest BCUT2D eigenvalue weighted by molar-refractivity contribution is -0.150. The number of amides is 1. The van der Waals surface area contributed by atoms with Gasteiger partial charge in [-0.1, -0.05) is 30.3 Å². The topological polar surface area (TPSA) is 83.4 Å². The lowest BCUT2D eigenvalue weighted by Gasteiger charge is -2.33. The number of benzene rings is 1. The molecule has 0 spiro atoms. The fraction of sp³-hybridized carbons (Fsp3) is 0.444. The van der Waals surface area contributed by atoms with Crippen molar-refractivity contribution < 1.29 is 14.7 Å². The second kappa shape index (κ2) is 5.91. The second-order valence-electron chi connectivity index (χ2n) is 6.99. The molecule has 1 amide bonds. The van der Waals surface area contributed by atoms with Crippen LogP contribution in [0.4, 0.5) is 0 Å². The van der Waals surface area contributed by atoms with Crippen LogP contribution in [0.1, 0.15) is 41.0 Å². The van der Waals surface area contributed by atoms with Crippen molar-refractivity contribution in [2.45, 2.75) is 44.7 Å². The predicted molar refractivity (Wildman–Crippen MR) is 92.5 cm³/mol. The Hall–Kier alpha value is -2.28. The Morgan fingerprint density at radius 2 is 2.04 bits per heavy atom. The molecule has 130 valence electrons. The van der Waals surface area contributed by atoms with Crippen molar-refractivity contribution in [3.8, 4) is 0 Å². The van der Waals surface area contributed by atoms with Gasteiger partial charge in [-0.25, -0.2) is 0 Å². The van der Waals surface area contributed by atoms with E-state index in [1.807, 2.05) is 30.3 Å². The molecule has 4 rings (SSSR count). The van der Waals surface area contributed by atoms with Gasteiger partial charge in [0, 0.05) is 12.1 Å². The van der Waals surface area contributed by atoms with Crippen LogP contribution in [0.3, 0.4) is 0 Å². The Balaban J connectivity index is 1.68. The molecule has 1 aromatic carbocycles. The first-order chi connectivity index (χ1) is 12.0. The van der Waals surface area contributed by atoms with Crippen molar-refractivity contribution in [3.05, 3.63) is 47.3 Å². The average molecular weight is 357 g/mol. The summed E-state index contributed by atoms with van der Waals surface area (Å²) in [5.74, 6) is -0.982. The van der Waals surface area contributed by atoms with Gasteiger partial charge in [0.1, 0.15) is 0 Å². The summed E-state index contributed by atoms with van der Waals surface area (Å²) in [5.41, 5.74) is 1.06. The van der Waals surface area contributed by atoms with Gasteiger partial charge in [0.2, 0.25) is 0 Å². The fourth-order valence-electron chi connectivity index (χ4n) is 4.49. The summed E-state index contributed by atoms with van der Waals surface area (Å²) in [6.45, 7) is 1.77. The Labute approximate surface area is 149 Å². The zero-order valence-corrected chi connectivity index (χ0v) is 14.7. The summed E-state index contributed by atoms with van der Waals surface area (Å²) in [6.07, 6.45) is 2.54. The Bertz CT molecular complexity index is 822. The minimum absolute atomic E-state index is 0.0292. The monoisotopic (exact) mass is 357 g/mol. The van der Waals surface area contributed by atoms with E-state index < -0.39 is 11.4 Å². The quantitative estimate of drug-likeness (QED) is 0.909. The summed E-state index contributed by atoms with van der Waals surface area (Å²) in [5, 5.41) is 10.1. The summed E-state index contributed by atoms with van der Waals surface area (Å²) < 4.78 is 8.21. The van der Waals surface area contributed by atoms with E-state index in [1.165, 1.54) is 0 Å². The SMILES string of the molecule is Cc1nsnc1C(=O)N1[C@H]2CC[C@@H]1[C@](Cc1ccccc1)(C(=O)O)C2. The van der Waals surface area contributed by atoms with Gasteiger partial charge in [0.05, 0.1) is 22.8 Å². The number of carbonyl (C=O) groups is 2. The zero-order valence-electron chi connectivity index (χ0n) is 13.9. The van der Waals surface area contributed by atoms with E-state index in [4.69, 9.17) is 0 Å². The van der Waals surface area contributed by atoms with Crippen LogP contribution in [0.15, 0.2) is 30.3 Å². The third-order valence-electron chi connectivity index (χ3n) is 5.62. The third-order valence-corrected chi connectivity index (χ3v) is 6.24. The highest BCUT2D eigenvalue weighted by Gasteiger charge is 2.61. The highest BCUT2D eigenvalue weighted by molar-refractivity contribution is 6.99. The van der Waals surface area contributed by atoms with Gasteiger partial charge in [-0.15, -0.1) is 0 Å². The number of aliphatic carboxylic acids is 1. The van der Waals surface area contributed by atoms with Crippen LogP contribution in [-0.4, -0.2) is 42.7 Å². The van der Waals surface area contributed by atoms with Crippen LogP contribution in [-0.2, 0) is 11.2 Å². The molecule has 2 aromatic rings. The first-order valence-electron chi connectivity index (χ1n) is 8.42. The Morgan fingerprint density at radius 1 is 1.28 bits per heavy atom. The molecule has 0 radical (unpaired) electrons. The summed E-state index contributed by atoms with van der Waals surface area (Å²) in [7, 11) is 0. The van der Waals surface area contributed by atoms with E-state index in [2.05, 4.69) is 8.75 Å². The van der Waals surface area contributed by atoms with Crippen LogP contribution in [0.2, 0.25) is 0 Å². The molecule has 2 fully saturated rings. The van der Waals surface area contributed by atoms with Gasteiger partial charge in [0.15, 0.2) is 5.69 Å². The molecule has 2 aliphatic rings. The molecule has 2 aliphatic heterocycles. The van der Waals surface area contributed by atoms with Crippen molar-refractivity contribution in [1.82, 2.24) is 13.6 Å². The lowest BCUT2D eigenvalue weighted by Crippen LogP contribution is -2.46. The number of aromatic nitrogens is 2. The molecule has 2 bridgehead atoms. The maximum atomic E-state index is 13.0. The van der Waals surface area contributed by atoms with E-state index in [1.54, 1.807) is 11.8 Å². The molecule has 2 saturated heterocycles. The number of hydrogen-bond acceptors (Lipinski definition) is 5. The van der Waals surface area contributed by atoms with E-state index in [9.17, 15) is 14.7 Å². The summed E-state index contributed by atoms with van der Waals surface area (Å²) in [4.78, 5) is 27.0. The van der Waals surface area contributed by atoms with Crippen molar-refractivity contribution in [1.29, 1.82) is 0 Å². The molecule has 0 saturated carbocycles. The first kappa shape index (κ1) is 16.2. The fourth-order valence-corrected chi connectivity index (χ4v) is 5.03. The molecule has 3 heterocycles. The van der Waals surface area contributed by atoms with Crippen molar-refractivity contribution in [3.63, 3.8) is 0 Å². The van der Waals surface area contributed by atoms with E-state index >= 15 is 0 Å². The number of aryl methyl sites for hydroxylation is 1. The minimum atomic E-state index is -0.919. The summed E-state index contributed by atoms with van der Waals surface area (Å²) in [6, 6.07) is 9.36. The molecule has 0 aliphatic carbocycles. The standard InChI is InChI=1S/C18H19N3O3S/c1-11-15(20-25-19-11)16(22)21-13-7-8-14(21)18(10-13,17(23)24)9-12-5-3-2-4-6-12/h2-6,13-14H,7-10H2,1H3,(H,23,24)/t13-,14+,18+/m0/s1. The van der Waals surface area contributed by atoms with Crippen LogP contribution < -0.4 is 0 Å². The van der Waals surface area contributed by atoms with Gasteiger partial charge >= 0.3 is 5.97 Å². The second-order valence-corrected chi connectivity index (χ2v) is 7.51. The van der Waals surface area contributed by atoms with Crippen LogP contribution >= 0.6 is 11.7 Å². The minimum Gasteiger partial charge on any atom is -0.481 e. The maximum Gasteiger partial charge on any atom is 0.312 e. The number of nitrogens with zero attached hydrogens (tertiary/aromatic N) is 3. The molecule has 25 heavy (non-hydrogen) atoms. The highest BCUT2D eigenvalue weighted by atomic mass is 32.1. The molecular formula is C18H19N3O3S. The molecule has 7 heteroatoms. The number of carboxylic acid groups (broad SMARTS) is 1. The average Bonchev–Trinajstić information content (AvgIpc) is 3.28. The predicted octanol–water partition coefficient (Wildman–Crippen LogP) is 2.54. The maximum absolute atomic E-state index is 13.0. The van der Waals surface area contributed by atoms with Crippen LogP contribution in [0.25, 0.3) is 0 Å². The molecule has 1 N–H and O–H groups in total. The number of rotatable bonds is 4. The number of fused-ring (bicyclic) bond motifs is 2. The molecule has 0 unspecified atom stereocenters. The molecule has 3 atom stereocenters. The van der Waals surface area contributed by atoms with Crippen LogP contribution in [0, 0.1) is 12.3 Å². The zero-order chi connectivity index (χ0) is 17.6. The largest absolute Gasteiger partial charge is 0.481 e.